The molecule has 1 amide bonds. The number of hydrogen-bond acceptors (Lipinski definition) is 5. The molecule has 0 saturated carbocycles. The van der Waals surface area contributed by atoms with Crippen LogP contribution < -0.4 is 11.5 Å². The number of carbonyl (C=O) groups excluding carboxylic acids is 2. The van der Waals surface area contributed by atoms with Gasteiger partial charge >= 0.3 is 5.97 Å². The summed E-state index contributed by atoms with van der Waals surface area (Å²) in [7, 11) is 0. The highest BCUT2D eigenvalue weighted by molar-refractivity contribution is 5.77. The molecule has 0 aromatic heterocycles. The second-order valence-electron chi connectivity index (χ2n) is 4.55. The van der Waals surface area contributed by atoms with Crippen molar-refractivity contribution in [2.75, 3.05) is 26.2 Å². The zero-order chi connectivity index (χ0) is 12.8. The molecule has 6 nitrogen and oxygen atoms in total. The number of hydrogen-bond donors (Lipinski definition) is 2. The molecule has 0 radical (unpaired) electrons. The lowest BCUT2D eigenvalue weighted by Gasteiger charge is -2.23. The van der Waals surface area contributed by atoms with E-state index in [1.165, 1.54) is 0 Å². The number of rotatable bonds is 6. The molecule has 6 heteroatoms. The standard InChI is InChI=1S/C10H21N3O3/c1-10(2,3)16-9(15)7-13(5-4-11)6-8(12)14/h4-7,11H2,1-3H3,(H2,12,14). The van der Waals surface area contributed by atoms with E-state index >= 15 is 0 Å². The van der Waals surface area contributed by atoms with E-state index in [0.29, 0.717) is 13.1 Å². The number of carbonyl (C=O) groups is 2. The molecule has 0 saturated heterocycles. The first kappa shape index (κ1) is 14.9. The van der Waals surface area contributed by atoms with Crippen LogP contribution >= 0.6 is 0 Å². The first-order valence-corrected chi connectivity index (χ1v) is 5.17. The molecule has 0 bridgehead atoms. The lowest BCUT2D eigenvalue weighted by atomic mass is 10.2. The molecule has 0 rings (SSSR count). The number of ether oxygens (including phenoxy) is 1. The van der Waals surface area contributed by atoms with Gasteiger partial charge in [0.05, 0.1) is 13.1 Å². The Morgan fingerprint density at radius 3 is 2.19 bits per heavy atom. The molecule has 16 heavy (non-hydrogen) atoms. The maximum Gasteiger partial charge on any atom is 0.320 e. The molecule has 0 aliphatic heterocycles. The number of amides is 1. The average Bonchev–Trinajstić information content (AvgIpc) is 1.98. The summed E-state index contributed by atoms with van der Waals surface area (Å²) < 4.78 is 5.12. The van der Waals surface area contributed by atoms with Gasteiger partial charge in [0.25, 0.3) is 0 Å². The summed E-state index contributed by atoms with van der Waals surface area (Å²) in [6.45, 7) is 6.18. The topological polar surface area (TPSA) is 98.7 Å². The molecular formula is C10H21N3O3. The third-order valence-electron chi connectivity index (χ3n) is 1.60. The Kier molecular flexibility index (Phi) is 5.98. The van der Waals surface area contributed by atoms with Crippen molar-refractivity contribution in [3.8, 4) is 0 Å². The van der Waals surface area contributed by atoms with Crippen LogP contribution in [0.1, 0.15) is 20.8 Å². The van der Waals surface area contributed by atoms with E-state index in [1.807, 2.05) is 0 Å². The van der Waals surface area contributed by atoms with E-state index in [2.05, 4.69) is 0 Å². The highest BCUT2D eigenvalue weighted by atomic mass is 16.6. The van der Waals surface area contributed by atoms with Gasteiger partial charge in [0.2, 0.25) is 5.91 Å². The van der Waals surface area contributed by atoms with E-state index in [4.69, 9.17) is 16.2 Å². The number of primary amides is 1. The molecule has 0 unspecified atom stereocenters. The third-order valence-corrected chi connectivity index (χ3v) is 1.60. The van der Waals surface area contributed by atoms with Crippen LogP contribution in [0.5, 0.6) is 0 Å². The molecule has 0 aromatic carbocycles. The Balaban J connectivity index is 4.17. The Hall–Kier alpha value is -1.14. The Morgan fingerprint density at radius 1 is 1.25 bits per heavy atom. The van der Waals surface area contributed by atoms with Crippen LogP contribution in [-0.4, -0.2) is 48.6 Å². The molecule has 4 N–H and O–H groups in total. The van der Waals surface area contributed by atoms with Crippen molar-refractivity contribution in [3.05, 3.63) is 0 Å². The summed E-state index contributed by atoms with van der Waals surface area (Å²) >= 11 is 0. The lowest BCUT2D eigenvalue weighted by Crippen LogP contribution is -2.42. The summed E-state index contributed by atoms with van der Waals surface area (Å²) in [4.78, 5) is 23.8. The third kappa shape index (κ3) is 8.19. The largest absolute Gasteiger partial charge is 0.459 e. The van der Waals surface area contributed by atoms with Gasteiger partial charge in [-0.15, -0.1) is 0 Å². The van der Waals surface area contributed by atoms with Gasteiger partial charge in [0.15, 0.2) is 0 Å². The van der Waals surface area contributed by atoms with Gasteiger partial charge in [-0.2, -0.15) is 0 Å². The maximum atomic E-state index is 11.5. The molecule has 0 fully saturated rings. The van der Waals surface area contributed by atoms with Crippen molar-refractivity contribution < 1.29 is 14.3 Å². The summed E-state index contributed by atoms with van der Waals surface area (Å²) in [6, 6.07) is 0. The molecule has 0 aromatic rings. The molecule has 0 aliphatic carbocycles. The van der Waals surface area contributed by atoms with Crippen LogP contribution in [0.15, 0.2) is 0 Å². The Bertz CT molecular complexity index is 248. The average molecular weight is 231 g/mol. The van der Waals surface area contributed by atoms with Gasteiger partial charge in [-0.3, -0.25) is 14.5 Å². The van der Waals surface area contributed by atoms with Crippen LogP contribution in [0, 0.1) is 0 Å². The van der Waals surface area contributed by atoms with Gasteiger partial charge in [-0.25, -0.2) is 0 Å². The second-order valence-corrected chi connectivity index (χ2v) is 4.55. The fraction of sp³-hybridized carbons (Fsp3) is 0.800. The van der Waals surface area contributed by atoms with Gasteiger partial charge in [0, 0.05) is 13.1 Å². The minimum atomic E-state index is -0.530. The monoisotopic (exact) mass is 231 g/mol. The van der Waals surface area contributed by atoms with Crippen LogP contribution in [0.4, 0.5) is 0 Å². The van der Waals surface area contributed by atoms with E-state index in [0.717, 1.165) is 0 Å². The molecule has 0 spiro atoms. The van der Waals surface area contributed by atoms with Gasteiger partial charge in [-0.05, 0) is 20.8 Å². The Morgan fingerprint density at radius 2 is 1.81 bits per heavy atom. The minimum absolute atomic E-state index is 0.0104. The van der Waals surface area contributed by atoms with Crippen LogP contribution in [-0.2, 0) is 14.3 Å². The Labute approximate surface area is 95.9 Å². The predicted octanol–water partition coefficient (Wildman–Crippen LogP) is -0.926. The highest BCUT2D eigenvalue weighted by Gasteiger charge is 2.19. The minimum Gasteiger partial charge on any atom is -0.459 e. The van der Waals surface area contributed by atoms with Gasteiger partial charge in [-0.1, -0.05) is 0 Å². The maximum absolute atomic E-state index is 11.5. The highest BCUT2D eigenvalue weighted by Crippen LogP contribution is 2.07. The van der Waals surface area contributed by atoms with Crippen molar-refractivity contribution in [1.29, 1.82) is 0 Å². The summed E-state index contributed by atoms with van der Waals surface area (Å²) in [5, 5.41) is 0. The van der Waals surface area contributed by atoms with Crippen molar-refractivity contribution >= 4 is 11.9 Å². The van der Waals surface area contributed by atoms with Crippen LogP contribution in [0.2, 0.25) is 0 Å². The molecule has 94 valence electrons. The SMILES string of the molecule is CC(C)(C)OC(=O)CN(CCN)CC(N)=O. The fourth-order valence-corrected chi connectivity index (χ4v) is 1.17. The van der Waals surface area contributed by atoms with Gasteiger partial charge in [0.1, 0.15) is 5.60 Å². The normalized spacial score (nSPS) is 11.6. The second kappa shape index (κ2) is 6.44. The van der Waals surface area contributed by atoms with E-state index in [9.17, 15) is 9.59 Å². The quantitative estimate of drug-likeness (QED) is 0.576. The van der Waals surface area contributed by atoms with Gasteiger partial charge < -0.3 is 16.2 Å². The molecule has 0 atom stereocenters. The fourth-order valence-electron chi connectivity index (χ4n) is 1.17. The van der Waals surface area contributed by atoms with Crippen molar-refractivity contribution in [3.63, 3.8) is 0 Å². The van der Waals surface area contributed by atoms with E-state index < -0.39 is 11.5 Å². The predicted molar refractivity (Wildman–Crippen MR) is 60.5 cm³/mol. The van der Waals surface area contributed by atoms with Crippen LogP contribution in [0.3, 0.4) is 0 Å². The number of esters is 1. The zero-order valence-corrected chi connectivity index (χ0v) is 10.2. The summed E-state index contributed by atoms with van der Waals surface area (Å²) in [5.41, 5.74) is 9.89. The van der Waals surface area contributed by atoms with Crippen molar-refractivity contribution in [1.82, 2.24) is 4.90 Å². The lowest BCUT2D eigenvalue weighted by molar-refractivity contribution is -0.156. The first-order valence-electron chi connectivity index (χ1n) is 5.17. The van der Waals surface area contributed by atoms with E-state index in [1.54, 1.807) is 25.7 Å². The smallest absolute Gasteiger partial charge is 0.320 e. The van der Waals surface area contributed by atoms with E-state index in [-0.39, 0.29) is 19.1 Å². The molecule has 0 heterocycles. The van der Waals surface area contributed by atoms with Crippen molar-refractivity contribution in [2.24, 2.45) is 11.5 Å². The van der Waals surface area contributed by atoms with Crippen LogP contribution in [0.25, 0.3) is 0 Å². The number of nitrogens with two attached hydrogens (primary N) is 2. The summed E-state index contributed by atoms with van der Waals surface area (Å²) in [5.74, 6) is -0.876. The first-order chi connectivity index (χ1) is 7.24. The zero-order valence-electron chi connectivity index (χ0n) is 10.2. The molecule has 0 aliphatic rings. The number of nitrogens with zero attached hydrogens (tertiary/aromatic N) is 1. The van der Waals surface area contributed by atoms with Crippen molar-refractivity contribution in [2.45, 2.75) is 26.4 Å². The summed E-state index contributed by atoms with van der Waals surface area (Å²) in [6.07, 6.45) is 0. The molecular weight excluding hydrogens is 210 g/mol.